The molecule has 2 aromatic heterocycles. The molecule has 0 bridgehead atoms. The number of hydrazone groups is 1. The molecule has 0 unspecified atom stereocenters. The standard InChI is InChI=1S/C20H16ClN5O/c21-16-7-5-14(6-8-16)13-26-10-9-19(25-26)20(27)24-23-12-15-11-22-18-4-2-1-3-17(15)18/h1-12,22H,13H2,(H,24,27). The van der Waals surface area contributed by atoms with Crippen LogP contribution < -0.4 is 5.43 Å². The van der Waals surface area contributed by atoms with Crippen LogP contribution in [0.2, 0.25) is 5.02 Å². The number of aromatic nitrogens is 3. The summed E-state index contributed by atoms with van der Waals surface area (Å²) in [5.41, 5.74) is 5.79. The number of hydrogen-bond donors (Lipinski definition) is 2. The maximum absolute atomic E-state index is 12.2. The lowest BCUT2D eigenvalue weighted by atomic mass is 10.2. The minimum Gasteiger partial charge on any atom is -0.361 e. The van der Waals surface area contributed by atoms with Crippen molar-refractivity contribution in [3.63, 3.8) is 0 Å². The van der Waals surface area contributed by atoms with Gasteiger partial charge in [0.05, 0.1) is 12.8 Å². The third-order valence-electron chi connectivity index (χ3n) is 4.12. The maximum Gasteiger partial charge on any atom is 0.291 e. The number of hydrogen-bond acceptors (Lipinski definition) is 3. The minimum absolute atomic E-state index is 0.306. The molecule has 27 heavy (non-hydrogen) atoms. The van der Waals surface area contributed by atoms with Crippen LogP contribution in [0, 0.1) is 0 Å². The SMILES string of the molecule is O=C(NN=Cc1c[nH]c2ccccc12)c1ccn(Cc2ccc(Cl)cc2)n1. The molecule has 0 saturated heterocycles. The molecule has 0 atom stereocenters. The number of nitrogens with zero attached hydrogens (tertiary/aromatic N) is 3. The highest BCUT2D eigenvalue weighted by Gasteiger charge is 2.09. The van der Waals surface area contributed by atoms with E-state index in [9.17, 15) is 4.79 Å². The Labute approximate surface area is 160 Å². The Hall–Kier alpha value is -3.38. The summed E-state index contributed by atoms with van der Waals surface area (Å²) in [6, 6.07) is 17.1. The van der Waals surface area contributed by atoms with Gasteiger partial charge < -0.3 is 4.98 Å². The molecule has 134 valence electrons. The monoisotopic (exact) mass is 377 g/mol. The van der Waals surface area contributed by atoms with Crippen LogP contribution in [-0.4, -0.2) is 26.9 Å². The van der Waals surface area contributed by atoms with Gasteiger partial charge in [-0.1, -0.05) is 41.9 Å². The first-order valence-corrected chi connectivity index (χ1v) is 8.74. The Morgan fingerprint density at radius 1 is 1.19 bits per heavy atom. The fourth-order valence-corrected chi connectivity index (χ4v) is 2.89. The third-order valence-corrected chi connectivity index (χ3v) is 4.37. The van der Waals surface area contributed by atoms with Crippen LogP contribution in [0.3, 0.4) is 0 Å². The van der Waals surface area contributed by atoms with E-state index >= 15 is 0 Å². The largest absolute Gasteiger partial charge is 0.361 e. The number of amides is 1. The van der Waals surface area contributed by atoms with E-state index in [0.29, 0.717) is 17.3 Å². The zero-order valence-corrected chi connectivity index (χ0v) is 15.0. The zero-order valence-electron chi connectivity index (χ0n) is 14.3. The van der Waals surface area contributed by atoms with Crippen LogP contribution in [0.25, 0.3) is 10.9 Å². The van der Waals surface area contributed by atoms with Crippen molar-refractivity contribution < 1.29 is 4.79 Å². The highest BCUT2D eigenvalue weighted by Crippen LogP contribution is 2.15. The second-order valence-electron chi connectivity index (χ2n) is 6.01. The summed E-state index contributed by atoms with van der Waals surface area (Å²) < 4.78 is 1.70. The molecule has 0 radical (unpaired) electrons. The van der Waals surface area contributed by atoms with E-state index in [1.165, 1.54) is 0 Å². The highest BCUT2D eigenvalue weighted by atomic mass is 35.5. The first kappa shape index (κ1) is 17.1. The van der Waals surface area contributed by atoms with Gasteiger partial charge in [0, 0.05) is 33.9 Å². The van der Waals surface area contributed by atoms with Gasteiger partial charge in [-0.3, -0.25) is 9.48 Å². The molecule has 4 rings (SSSR count). The first-order valence-electron chi connectivity index (χ1n) is 8.36. The summed E-state index contributed by atoms with van der Waals surface area (Å²) in [5, 5.41) is 10.1. The van der Waals surface area contributed by atoms with Gasteiger partial charge in [-0.25, -0.2) is 5.43 Å². The van der Waals surface area contributed by atoms with E-state index in [-0.39, 0.29) is 5.91 Å². The second kappa shape index (κ2) is 7.47. The summed E-state index contributed by atoms with van der Waals surface area (Å²) in [5.74, 6) is -0.360. The number of carbonyl (C=O) groups excluding carboxylic acids is 1. The molecule has 2 aromatic carbocycles. The van der Waals surface area contributed by atoms with Gasteiger partial charge in [0.25, 0.3) is 5.91 Å². The summed E-state index contributed by atoms with van der Waals surface area (Å²) in [6.45, 7) is 0.559. The Morgan fingerprint density at radius 2 is 2.00 bits per heavy atom. The lowest BCUT2D eigenvalue weighted by Gasteiger charge is -2.02. The summed E-state index contributed by atoms with van der Waals surface area (Å²) >= 11 is 5.89. The van der Waals surface area contributed by atoms with Crippen molar-refractivity contribution in [3.8, 4) is 0 Å². The molecular weight excluding hydrogens is 362 g/mol. The number of rotatable bonds is 5. The average molecular weight is 378 g/mol. The molecular formula is C20H16ClN5O. The van der Waals surface area contributed by atoms with Gasteiger partial charge in [0.1, 0.15) is 0 Å². The normalized spacial score (nSPS) is 11.3. The molecule has 0 spiro atoms. The van der Waals surface area contributed by atoms with Gasteiger partial charge >= 0.3 is 0 Å². The van der Waals surface area contributed by atoms with Crippen molar-refractivity contribution in [2.75, 3.05) is 0 Å². The summed E-state index contributed by atoms with van der Waals surface area (Å²) in [6.07, 6.45) is 5.22. The summed E-state index contributed by atoms with van der Waals surface area (Å²) in [4.78, 5) is 15.4. The van der Waals surface area contributed by atoms with Gasteiger partial charge in [-0.2, -0.15) is 10.2 Å². The van der Waals surface area contributed by atoms with Crippen LogP contribution in [0.15, 0.2) is 72.1 Å². The van der Waals surface area contributed by atoms with Gasteiger partial charge in [-0.05, 0) is 29.8 Å². The zero-order chi connectivity index (χ0) is 18.6. The van der Waals surface area contributed by atoms with Crippen molar-refractivity contribution in [1.82, 2.24) is 20.2 Å². The Morgan fingerprint density at radius 3 is 2.85 bits per heavy atom. The number of nitrogens with one attached hydrogen (secondary N) is 2. The molecule has 0 aliphatic heterocycles. The molecule has 2 heterocycles. The van der Waals surface area contributed by atoms with Crippen LogP contribution >= 0.6 is 11.6 Å². The number of carbonyl (C=O) groups is 1. The number of fused-ring (bicyclic) bond motifs is 1. The van der Waals surface area contributed by atoms with Crippen LogP contribution in [-0.2, 0) is 6.54 Å². The molecule has 0 saturated carbocycles. The van der Waals surface area contributed by atoms with Gasteiger partial charge in [0.15, 0.2) is 5.69 Å². The predicted octanol–water partition coefficient (Wildman–Crippen LogP) is 3.83. The van der Waals surface area contributed by atoms with Crippen molar-refractivity contribution in [3.05, 3.63) is 88.8 Å². The quantitative estimate of drug-likeness (QED) is 0.409. The Kier molecular flexibility index (Phi) is 4.72. The van der Waals surface area contributed by atoms with Crippen molar-refractivity contribution in [2.24, 2.45) is 5.10 Å². The predicted molar refractivity (Wildman–Crippen MR) is 106 cm³/mol. The molecule has 1 amide bonds. The molecule has 2 N–H and O–H groups in total. The number of H-pyrrole nitrogens is 1. The van der Waals surface area contributed by atoms with Crippen molar-refractivity contribution in [1.29, 1.82) is 0 Å². The maximum atomic E-state index is 12.2. The first-order chi connectivity index (χ1) is 13.2. The lowest BCUT2D eigenvalue weighted by molar-refractivity contribution is 0.0949. The minimum atomic E-state index is -0.360. The third kappa shape index (κ3) is 3.91. The Balaban J connectivity index is 1.40. The fourth-order valence-electron chi connectivity index (χ4n) is 2.77. The molecule has 0 fully saturated rings. The van der Waals surface area contributed by atoms with Crippen molar-refractivity contribution in [2.45, 2.75) is 6.54 Å². The van der Waals surface area contributed by atoms with Crippen LogP contribution in [0.4, 0.5) is 0 Å². The molecule has 6 nitrogen and oxygen atoms in total. The number of halogens is 1. The van der Waals surface area contributed by atoms with Gasteiger partial charge in [-0.15, -0.1) is 0 Å². The number of aromatic amines is 1. The molecule has 0 aliphatic carbocycles. The Bertz CT molecular complexity index is 1110. The number of benzene rings is 2. The van der Waals surface area contributed by atoms with E-state index in [1.807, 2.05) is 54.7 Å². The van der Waals surface area contributed by atoms with E-state index < -0.39 is 0 Å². The highest BCUT2D eigenvalue weighted by molar-refractivity contribution is 6.30. The smallest absolute Gasteiger partial charge is 0.291 e. The van der Waals surface area contributed by atoms with Gasteiger partial charge in [0.2, 0.25) is 0 Å². The molecule has 0 aliphatic rings. The van der Waals surface area contributed by atoms with E-state index in [1.54, 1.807) is 23.2 Å². The van der Waals surface area contributed by atoms with Crippen LogP contribution in [0.5, 0.6) is 0 Å². The molecule has 4 aromatic rings. The van der Waals surface area contributed by atoms with Crippen molar-refractivity contribution >= 4 is 34.6 Å². The fraction of sp³-hybridized carbons (Fsp3) is 0.0500. The van der Waals surface area contributed by atoms with E-state index in [0.717, 1.165) is 22.0 Å². The summed E-state index contributed by atoms with van der Waals surface area (Å²) in [7, 11) is 0. The second-order valence-corrected chi connectivity index (χ2v) is 6.45. The number of para-hydroxylation sites is 1. The van der Waals surface area contributed by atoms with E-state index in [4.69, 9.17) is 11.6 Å². The topological polar surface area (TPSA) is 75.1 Å². The van der Waals surface area contributed by atoms with Crippen LogP contribution in [0.1, 0.15) is 21.6 Å². The average Bonchev–Trinajstić information content (AvgIpc) is 3.31. The lowest BCUT2D eigenvalue weighted by Crippen LogP contribution is -2.18. The van der Waals surface area contributed by atoms with E-state index in [2.05, 4.69) is 20.6 Å². The molecule has 7 heteroatoms.